The van der Waals surface area contributed by atoms with Gasteiger partial charge in [0.25, 0.3) is 0 Å². The van der Waals surface area contributed by atoms with Crippen LogP contribution in [0.4, 0.5) is 8.78 Å². The Morgan fingerprint density at radius 1 is 1.20 bits per heavy atom. The zero-order valence-electron chi connectivity index (χ0n) is 8.19. The molecule has 1 aromatic rings. The van der Waals surface area contributed by atoms with Crippen molar-refractivity contribution in [3.8, 4) is 0 Å². The van der Waals surface area contributed by atoms with E-state index in [0.29, 0.717) is 18.0 Å². The van der Waals surface area contributed by atoms with Crippen LogP contribution in [-0.4, -0.2) is 11.4 Å². The molecule has 4 heteroatoms. The topological polar surface area (TPSA) is 12.0 Å². The van der Waals surface area contributed by atoms with Crippen LogP contribution in [0.2, 0.25) is 0 Å². The Morgan fingerprint density at radius 2 is 1.80 bits per heavy atom. The van der Waals surface area contributed by atoms with E-state index in [9.17, 15) is 8.78 Å². The Balaban J connectivity index is 1.99. The monoisotopic (exact) mass is 231 g/mol. The third-order valence-corrected chi connectivity index (χ3v) is 3.21. The first-order chi connectivity index (χ1) is 7.13. The average Bonchev–Trinajstić information content (AvgIpc) is 2.94. The van der Waals surface area contributed by atoms with Gasteiger partial charge in [-0.3, -0.25) is 0 Å². The lowest BCUT2D eigenvalue weighted by molar-refractivity contribution is 0.532. The lowest BCUT2D eigenvalue weighted by Crippen LogP contribution is -2.32. The van der Waals surface area contributed by atoms with Crippen molar-refractivity contribution in [2.24, 2.45) is 0 Å². The first-order valence-corrected chi connectivity index (χ1v) is 5.43. The molecule has 15 heavy (non-hydrogen) atoms. The summed E-state index contributed by atoms with van der Waals surface area (Å²) in [6, 6.07) is 3.54. The van der Waals surface area contributed by atoms with Crippen molar-refractivity contribution >= 4 is 11.6 Å². The largest absolute Gasteiger partial charge is 0.306 e. The summed E-state index contributed by atoms with van der Waals surface area (Å²) in [6.07, 6.45) is 2.07. The molecule has 1 aromatic carbocycles. The first-order valence-electron chi connectivity index (χ1n) is 4.90. The number of hydrogen-bond acceptors (Lipinski definition) is 1. The van der Waals surface area contributed by atoms with E-state index in [4.69, 9.17) is 11.6 Å². The first kappa shape index (κ1) is 10.8. The molecule has 1 N–H and O–H groups in total. The second-order valence-electron chi connectivity index (χ2n) is 4.05. The molecule has 1 saturated carbocycles. The molecule has 0 bridgehead atoms. The van der Waals surface area contributed by atoms with E-state index in [0.717, 1.165) is 18.9 Å². The molecule has 1 aliphatic carbocycles. The Hall–Kier alpha value is -0.670. The lowest BCUT2D eigenvalue weighted by atomic mass is 10.2. The number of benzene rings is 1. The van der Waals surface area contributed by atoms with Crippen LogP contribution in [0, 0.1) is 11.6 Å². The van der Waals surface area contributed by atoms with E-state index in [1.54, 1.807) is 0 Å². The van der Waals surface area contributed by atoms with Crippen LogP contribution in [0.15, 0.2) is 18.2 Å². The molecule has 1 aliphatic rings. The van der Waals surface area contributed by atoms with Crippen molar-refractivity contribution < 1.29 is 8.78 Å². The van der Waals surface area contributed by atoms with E-state index in [1.807, 2.05) is 0 Å². The number of alkyl halides is 1. The van der Waals surface area contributed by atoms with Crippen LogP contribution in [0.3, 0.4) is 0 Å². The van der Waals surface area contributed by atoms with Crippen LogP contribution >= 0.6 is 11.6 Å². The minimum atomic E-state index is -0.539. The van der Waals surface area contributed by atoms with Crippen LogP contribution in [0.1, 0.15) is 18.4 Å². The molecule has 0 unspecified atom stereocenters. The smallest absolute Gasteiger partial charge is 0.126 e. The van der Waals surface area contributed by atoms with Gasteiger partial charge in [-0.2, -0.15) is 0 Å². The van der Waals surface area contributed by atoms with Crippen molar-refractivity contribution in [2.75, 3.05) is 5.88 Å². The highest BCUT2D eigenvalue weighted by atomic mass is 35.5. The maximum Gasteiger partial charge on any atom is 0.126 e. The zero-order valence-corrected chi connectivity index (χ0v) is 8.95. The summed E-state index contributed by atoms with van der Waals surface area (Å²) in [6.45, 7) is 0.460. The molecule has 0 saturated heterocycles. The number of nitrogens with one attached hydrogen (secondary N) is 1. The average molecular weight is 232 g/mol. The summed E-state index contributed by atoms with van der Waals surface area (Å²) < 4.78 is 25.7. The normalized spacial score (nSPS) is 17.8. The molecule has 0 atom stereocenters. The van der Waals surface area contributed by atoms with E-state index >= 15 is 0 Å². The fourth-order valence-corrected chi connectivity index (χ4v) is 1.87. The van der Waals surface area contributed by atoms with Crippen LogP contribution in [-0.2, 0) is 6.54 Å². The summed E-state index contributed by atoms with van der Waals surface area (Å²) in [5, 5.41) is 3.23. The van der Waals surface area contributed by atoms with Gasteiger partial charge in [-0.1, -0.05) is 0 Å². The molecule has 0 amide bonds. The molecule has 0 spiro atoms. The highest BCUT2D eigenvalue weighted by Crippen LogP contribution is 2.36. The highest BCUT2D eigenvalue weighted by molar-refractivity contribution is 6.18. The van der Waals surface area contributed by atoms with Crippen LogP contribution in [0.25, 0.3) is 0 Å². The minimum Gasteiger partial charge on any atom is -0.306 e. The Morgan fingerprint density at radius 3 is 2.27 bits per heavy atom. The molecule has 0 aliphatic heterocycles. The number of hydrogen-bond donors (Lipinski definition) is 1. The summed E-state index contributed by atoms with van der Waals surface area (Å²) in [5.74, 6) is -0.532. The third kappa shape index (κ3) is 2.67. The lowest BCUT2D eigenvalue weighted by Gasteiger charge is -2.13. The van der Waals surface area contributed by atoms with Crippen molar-refractivity contribution in [2.45, 2.75) is 24.9 Å². The van der Waals surface area contributed by atoms with E-state index in [1.165, 1.54) is 12.1 Å². The summed E-state index contributed by atoms with van der Waals surface area (Å²) >= 11 is 5.77. The molecule has 1 fully saturated rings. The molecule has 0 heterocycles. The molecule has 82 valence electrons. The SMILES string of the molecule is Fc1cc(F)cc(CNC2(CCl)CC2)c1. The highest BCUT2D eigenvalue weighted by Gasteiger charge is 2.40. The van der Waals surface area contributed by atoms with Gasteiger partial charge < -0.3 is 5.32 Å². The van der Waals surface area contributed by atoms with E-state index < -0.39 is 11.6 Å². The second-order valence-corrected chi connectivity index (χ2v) is 4.31. The summed E-state index contributed by atoms with van der Waals surface area (Å²) in [7, 11) is 0. The fourth-order valence-electron chi connectivity index (χ4n) is 1.51. The maximum absolute atomic E-state index is 12.9. The van der Waals surface area contributed by atoms with Gasteiger partial charge >= 0.3 is 0 Å². The number of halogens is 3. The summed E-state index contributed by atoms with van der Waals surface area (Å²) in [5.41, 5.74) is 0.619. The number of rotatable bonds is 4. The van der Waals surface area contributed by atoms with Gasteiger partial charge in [0.1, 0.15) is 11.6 Å². The minimum absolute atomic E-state index is 0.00431. The van der Waals surface area contributed by atoms with Gasteiger partial charge in [0.2, 0.25) is 0 Å². The zero-order chi connectivity index (χ0) is 10.9. The van der Waals surface area contributed by atoms with Gasteiger partial charge in [-0.05, 0) is 30.5 Å². The van der Waals surface area contributed by atoms with Gasteiger partial charge in [0.05, 0.1) is 0 Å². The molecule has 1 nitrogen and oxygen atoms in total. The van der Waals surface area contributed by atoms with Gasteiger partial charge in [0, 0.05) is 24.0 Å². The van der Waals surface area contributed by atoms with E-state index in [2.05, 4.69) is 5.32 Å². The molecular formula is C11H12ClF2N. The summed E-state index contributed by atoms with van der Waals surface area (Å²) in [4.78, 5) is 0. The van der Waals surface area contributed by atoms with Gasteiger partial charge in [-0.25, -0.2) is 8.78 Å². The Bertz CT molecular complexity index is 343. The predicted octanol–water partition coefficient (Wildman–Crippen LogP) is 2.83. The third-order valence-electron chi connectivity index (χ3n) is 2.70. The molecule has 0 radical (unpaired) electrons. The van der Waals surface area contributed by atoms with E-state index in [-0.39, 0.29) is 5.54 Å². The van der Waals surface area contributed by atoms with Crippen LogP contribution < -0.4 is 5.32 Å². The molecule has 0 aromatic heterocycles. The fraction of sp³-hybridized carbons (Fsp3) is 0.455. The maximum atomic E-state index is 12.9. The van der Waals surface area contributed by atoms with Gasteiger partial charge in [-0.15, -0.1) is 11.6 Å². The van der Waals surface area contributed by atoms with Crippen LogP contribution in [0.5, 0.6) is 0 Å². The second kappa shape index (κ2) is 4.06. The van der Waals surface area contributed by atoms with Crippen molar-refractivity contribution in [1.29, 1.82) is 0 Å². The van der Waals surface area contributed by atoms with Crippen molar-refractivity contribution in [3.05, 3.63) is 35.4 Å². The molecular weight excluding hydrogens is 220 g/mol. The predicted molar refractivity (Wildman–Crippen MR) is 55.9 cm³/mol. The Labute approximate surface area is 92.4 Å². The van der Waals surface area contributed by atoms with Crippen molar-refractivity contribution in [3.63, 3.8) is 0 Å². The quantitative estimate of drug-likeness (QED) is 0.786. The Kier molecular flexibility index (Phi) is 2.94. The molecule has 2 rings (SSSR count). The standard InChI is InChI=1S/C11H12ClF2N/c12-7-11(1-2-11)15-6-8-3-9(13)5-10(14)4-8/h3-5,15H,1-2,6-7H2. The van der Waals surface area contributed by atoms with Crippen molar-refractivity contribution in [1.82, 2.24) is 5.32 Å². The van der Waals surface area contributed by atoms with Gasteiger partial charge in [0.15, 0.2) is 0 Å².